The molecule has 0 bridgehead atoms. The molecule has 14 heavy (non-hydrogen) atoms. The van der Waals surface area contributed by atoms with Crippen LogP contribution in [0.2, 0.25) is 0 Å². The predicted molar refractivity (Wildman–Crippen MR) is 64.0 cm³/mol. The Hall–Kier alpha value is 0.590. The molecule has 1 aliphatic rings. The smallest absolute Gasteiger partial charge is 0.150 e. The number of halogens is 1. The van der Waals surface area contributed by atoms with Gasteiger partial charge in [0.15, 0.2) is 9.84 Å². The van der Waals surface area contributed by atoms with Crippen LogP contribution in [0.4, 0.5) is 0 Å². The monoisotopic (exact) mass is 256 g/mol. The van der Waals surface area contributed by atoms with Crippen molar-refractivity contribution in [3.63, 3.8) is 0 Å². The number of rotatable bonds is 5. The van der Waals surface area contributed by atoms with Gasteiger partial charge in [0, 0.05) is 5.38 Å². The van der Waals surface area contributed by atoms with E-state index in [4.69, 9.17) is 11.6 Å². The molecule has 2 nitrogen and oxygen atoms in total. The number of hydrogen-bond acceptors (Lipinski definition) is 3. The van der Waals surface area contributed by atoms with Crippen LogP contribution in [0.25, 0.3) is 0 Å². The highest BCUT2D eigenvalue weighted by atomic mass is 35.5. The molecule has 0 aliphatic carbocycles. The zero-order valence-corrected chi connectivity index (χ0v) is 10.8. The zero-order chi connectivity index (χ0) is 10.6. The number of hydrogen-bond donors (Lipinski definition) is 0. The SMILES string of the molecule is CCSCCC(Cl)C1CCS(=O)(=O)C1. The summed E-state index contributed by atoms with van der Waals surface area (Å²) in [5.74, 6) is 2.98. The van der Waals surface area contributed by atoms with Gasteiger partial charge < -0.3 is 0 Å². The van der Waals surface area contributed by atoms with E-state index >= 15 is 0 Å². The molecular formula is C9H17ClO2S2. The molecule has 2 atom stereocenters. The summed E-state index contributed by atoms with van der Waals surface area (Å²) in [6.45, 7) is 2.12. The fourth-order valence-corrected chi connectivity index (χ4v) is 4.83. The van der Waals surface area contributed by atoms with Crippen LogP contribution in [0, 0.1) is 5.92 Å². The molecule has 0 aromatic carbocycles. The zero-order valence-electron chi connectivity index (χ0n) is 8.41. The van der Waals surface area contributed by atoms with Gasteiger partial charge in [0.05, 0.1) is 11.5 Å². The van der Waals surface area contributed by atoms with Gasteiger partial charge in [-0.2, -0.15) is 11.8 Å². The summed E-state index contributed by atoms with van der Waals surface area (Å²) >= 11 is 8.03. The average molecular weight is 257 g/mol. The molecule has 1 heterocycles. The summed E-state index contributed by atoms with van der Waals surface area (Å²) in [6, 6.07) is 0. The van der Waals surface area contributed by atoms with Crippen molar-refractivity contribution in [3.05, 3.63) is 0 Å². The predicted octanol–water partition coefficient (Wildman–Crippen LogP) is 2.17. The molecule has 1 fully saturated rings. The van der Waals surface area contributed by atoms with Crippen LogP contribution in [0.1, 0.15) is 19.8 Å². The van der Waals surface area contributed by atoms with E-state index in [2.05, 4.69) is 6.92 Å². The first kappa shape index (κ1) is 12.7. The van der Waals surface area contributed by atoms with Gasteiger partial charge in [0.1, 0.15) is 0 Å². The Morgan fingerprint density at radius 2 is 2.29 bits per heavy atom. The van der Waals surface area contributed by atoms with Crippen LogP contribution in [-0.2, 0) is 9.84 Å². The van der Waals surface area contributed by atoms with Crippen LogP contribution in [0.15, 0.2) is 0 Å². The third-order valence-electron chi connectivity index (χ3n) is 2.52. The Labute approximate surface area is 95.7 Å². The summed E-state index contributed by atoms with van der Waals surface area (Å²) in [5, 5.41) is 0.0475. The van der Waals surface area contributed by atoms with Crippen LogP contribution in [0.3, 0.4) is 0 Å². The minimum absolute atomic E-state index is 0.0475. The Kier molecular flexibility index (Phi) is 5.08. The molecule has 0 radical (unpaired) electrons. The summed E-state index contributed by atoms with van der Waals surface area (Å²) < 4.78 is 22.4. The molecule has 84 valence electrons. The van der Waals surface area contributed by atoms with Crippen molar-refractivity contribution in [2.24, 2.45) is 5.92 Å². The van der Waals surface area contributed by atoms with E-state index in [0.717, 1.165) is 24.3 Å². The largest absolute Gasteiger partial charge is 0.229 e. The van der Waals surface area contributed by atoms with Crippen LogP contribution >= 0.6 is 23.4 Å². The van der Waals surface area contributed by atoms with Crippen molar-refractivity contribution in [1.29, 1.82) is 0 Å². The minimum atomic E-state index is -2.76. The summed E-state index contributed by atoms with van der Waals surface area (Å²) in [5.41, 5.74) is 0. The Morgan fingerprint density at radius 1 is 1.57 bits per heavy atom. The highest BCUT2D eigenvalue weighted by Gasteiger charge is 2.32. The molecule has 0 saturated carbocycles. The van der Waals surface area contributed by atoms with Gasteiger partial charge in [0.25, 0.3) is 0 Å². The lowest BCUT2D eigenvalue weighted by Gasteiger charge is -2.14. The molecule has 0 aromatic heterocycles. The van der Waals surface area contributed by atoms with Crippen molar-refractivity contribution in [2.75, 3.05) is 23.0 Å². The lowest BCUT2D eigenvalue weighted by Crippen LogP contribution is -2.17. The van der Waals surface area contributed by atoms with E-state index in [9.17, 15) is 8.42 Å². The Bertz CT molecular complexity index is 264. The lowest BCUT2D eigenvalue weighted by atomic mass is 10.0. The highest BCUT2D eigenvalue weighted by molar-refractivity contribution is 7.99. The Balaban J connectivity index is 2.29. The summed E-state index contributed by atoms with van der Waals surface area (Å²) in [4.78, 5) is 0. The highest BCUT2D eigenvalue weighted by Crippen LogP contribution is 2.27. The number of thioether (sulfide) groups is 1. The van der Waals surface area contributed by atoms with Gasteiger partial charge in [-0.1, -0.05) is 6.92 Å². The molecule has 5 heteroatoms. The van der Waals surface area contributed by atoms with Crippen LogP contribution in [-0.4, -0.2) is 36.8 Å². The second-order valence-corrected chi connectivity index (χ2v) is 7.85. The lowest BCUT2D eigenvalue weighted by molar-refractivity contribution is 0.545. The van der Waals surface area contributed by atoms with Gasteiger partial charge in [-0.25, -0.2) is 8.42 Å². The molecule has 1 aliphatic heterocycles. The second-order valence-electron chi connectivity index (χ2n) is 3.66. The van der Waals surface area contributed by atoms with Crippen molar-refractivity contribution in [2.45, 2.75) is 25.1 Å². The molecular weight excluding hydrogens is 240 g/mol. The fraction of sp³-hybridized carbons (Fsp3) is 1.00. The third kappa shape index (κ3) is 3.99. The normalized spacial score (nSPS) is 27.7. The molecule has 0 amide bonds. The van der Waals surface area contributed by atoms with Gasteiger partial charge in [-0.05, 0) is 30.3 Å². The molecule has 2 unspecified atom stereocenters. The van der Waals surface area contributed by atoms with Gasteiger partial charge in [0.2, 0.25) is 0 Å². The van der Waals surface area contributed by atoms with Crippen LogP contribution < -0.4 is 0 Å². The first-order chi connectivity index (χ1) is 6.55. The Morgan fingerprint density at radius 3 is 2.79 bits per heavy atom. The van der Waals surface area contributed by atoms with E-state index in [0.29, 0.717) is 11.5 Å². The van der Waals surface area contributed by atoms with Crippen molar-refractivity contribution in [3.8, 4) is 0 Å². The number of alkyl halides is 1. The molecule has 1 saturated heterocycles. The molecule has 0 N–H and O–H groups in total. The average Bonchev–Trinajstić information content (AvgIpc) is 2.46. The van der Waals surface area contributed by atoms with E-state index in [1.807, 2.05) is 11.8 Å². The summed E-state index contributed by atoms with van der Waals surface area (Å²) in [7, 11) is -2.76. The maximum absolute atomic E-state index is 11.2. The van der Waals surface area contributed by atoms with Crippen LogP contribution in [0.5, 0.6) is 0 Å². The summed E-state index contributed by atoms with van der Waals surface area (Å²) in [6.07, 6.45) is 1.69. The molecule has 0 aromatic rings. The van der Waals surface area contributed by atoms with E-state index in [1.54, 1.807) is 0 Å². The van der Waals surface area contributed by atoms with E-state index in [1.165, 1.54) is 0 Å². The van der Waals surface area contributed by atoms with Gasteiger partial charge in [-0.15, -0.1) is 11.6 Å². The van der Waals surface area contributed by atoms with Crippen molar-refractivity contribution < 1.29 is 8.42 Å². The number of sulfone groups is 1. The van der Waals surface area contributed by atoms with E-state index < -0.39 is 9.84 Å². The quantitative estimate of drug-likeness (QED) is 0.559. The second kappa shape index (κ2) is 5.61. The first-order valence-corrected chi connectivity index (χ1v) is 8.38. The van der Waals surface area contributed by atoms with Crippen molar-refractivity contribution in [1.82, 2.24) is 0 Å². The molecule has 1 rings (SSSR count). The maximum Gasteiger partial charge on any atom is 0.150 e. The van der Waals surface area contributed by atoms with E-state index in [-0.39, 0.29) is 11.3 Å². The maximum atomic E-state index is 11.2. The third-order valence-corrected chi connectivity index (χ3v) is 5.82. The fourth-order valence-electron chi connectivity index (χ4n) is 1.68. The minimum Gasteiger partial charge on any atom is -0.229 e. The standard InChI is InChI=1S/C9H17ClO2S2/c1-2-13-5-3-9(10)8-4-6-14(11,12)7-8/h8-9H,2-7H2,1H3. The van der Waals surface area contributed by atoms with Gasteiger partial charge >= 0.3 is 0 Å². The first-order valence-electron chi connectivity index (χ1n) is 4.97. The van der Waals surface area contributed by atoms with Gasteiger partial charge in [-0.3, -0.25) is 0 Å². The molecule has 0 spiro atoms. The van der Waals surface area contributed by atoms with Crippen molar-refractivity contribution >= 4 is 33.2 Å². The topological polar surface area (TPSA) is 34.1 Å².